The zero-order chi connectivity index (χ0) is 13.9. The number of nitrogens with zero attached hydrogens (tertiary/aromatic N) is 1. The predicted molar refractivity (Wildman–Crippen MR) is 80.0 cm³/mol. The lowest BCUT2D eigenvalue weighted by molar-refractivity contribution is 0.634. The van der Waals surface area contributed by atoms with Crippen LogP contribution in [0.3, 0.4) is 0 Å². The molecule has 19 heavy (non-hydrogen) atoms. The fourth-order valence-corrected chi connectivity index (χ4v) is 1.95. The molecule has 0 aromatic heterocycles. The van der Waals surface area contributed by atoms with Crippen LogP contribution in [0.2, 0.25) is 0 Å². The van der Waals surface area contributed by atoms with E-state index in [0.29, 0.717) is 5.56 Å². The fourth-order valence-electron chi connectivity index (χ4n) is 1.95. The second-order valence-corrected chi connectivity index (χ2v) is 5.64. The second kappa shape index (κ2) is 5.16. The van der Waals surface area contributed by atoms with Crippen LogP contribution in [-0.2, 0) is 0 Å². The quantitative estimate of drug-likeness (QED) is 0.855. The molecule has 2 aromatic carbocycles. The van der Waals surface area contributed by atoms with Gasteiger partial charge in [0.05, 0.1) is 11.6 Å². The summed E-state index contributed by atoms with van der Waals surface area (Å²) >= 11 is 0. The van der Waals surface area contributed by atoms with Gasteiger partial charge in [-0.25, -0.2) is 0 Å². The van der Waals surface area contributed by atoms with Gasteiger partial charge in [0.15, 0.2) is 0 Å². The summed E-state index contributed by atoms with van der Waals surface area (Å²) in [7, 11) is 0. The van der Waals surface area contributed by atoms with Gasteiger partial charge in [0, 0.05) is 11.2 Å². The van der Waals surface area contributed by atoms with Crippen LogP contribution in [0, 0.1) is 11.3 Å². The van der Waals surface area contributed by atoms with Crippen molar-refractivity contribution in [1.29, 1.82) is 5.26 Å². The largest absolute Gasteiger partial charge is 0.380 e. The first-order valence-electron chi connectivity index (χ1n) is 6.37. The molecule has 0 radical (unpaired) electrons. The molecule has 0 atom stereocenters. The summed E-state index contributed by atoms with van der Waals surface area (Å²) in [6, 6.07) is 18.1. The van der Waals surface area contributed by atoms with Gasteiger partial charge in [-0.15, -0.1) is 0 Å². The minimum atomic E-state index is 0.0578. The molecule has 2 nitrogen and oxygen atoms in total. The van der Waals surface area contributed by atoms with E-state index in [9.17, 15) is 0 Å². The van der Waals surface area contributed by atoms with Crippen LogP contribution in [0.1, 0.15) is 26.3 Å². The Morgan fingerprint density at radius 1 is 0.947 bits per heavy atom. The van der Waals surface area contributed by atoms with Crippen molar-refractivity contribution in [1.82, 2.24) is 0 Å². The molecule has 2 aromatic rings. The Balaban J connectivity index is 2.25. The molecule has 0 unspecified atom stereocenters. The van der Waals surface area contributed by atoms with Gasteiger partial charge in [-0.3, -0.25) is 0 Å². The van der Waals surface area contributed by atoms with E-state index in [1.54, 1.807) is 0 Å². The number of hydrogen-bond acceptors (Lipinski definition) is 2. The molecule has 0 heterocycles. The van der Waals surface area contributed by atoms with Crippen molar-refractivity contribution in [3.63, 3.8) is 0 Å². The van der Waals surface area contributed by atoms with Crippen LogP contribution in [0.15, 0.2) is 48.5 Å². The van der Waals surface area contributed by atoms with E-state index in [1.165, 1.54) is 0 Å². The summed E-state index contributed by atoms with van der Waals surface area (Å²) < 4.78 is 0. The maximum atomic E-state index is 8.92. The molecule has 0 amide bonds. The fraction of sp³-hybridized carbons (Fsp3) is 0.235. The van der Waals surface area contributed by atoms with E-state index >= 15 is 0 Å². The third-order valence-corrected chi connectivity index (χ3v) is 2.73. The normalized spacial score (nSPS) is 10.8. The lowest BCUT2D eigenvalue weighted by Crippen LogP contribution is -2.25. The number of nitrogens with one attached hydrogen (secondary N) is 1. The topological polar surface area (TPSA) is 35.8 Å². The van der Waals surface area contributed by atoms with Gasteiger partial charge in [0.25, 0.3) is 0 Å². The number of nitriles is 1. The van der Waals surface area contributed by atoms with Crippen LogP contribution >= 0.6 is 0 Å². The highest BCUT2D eigenvalue weighted by molar-refractivity contribution is 5.67. The minimum absolute atomic E-state index is 0.0578. The molecular weight excluding hydrogens is 232 g/mol. The minimum Gasteiger partial charge on any atom is -0.380 e. The molecule has 1 N–H and O–H groups in total. The van der Waals surface area contributed by atoms with E-state index < -0.39 is 0 Å². The van der Waals surface area contributed by atoms with Crippen LogP contribution in [-0.4, -0.2) is 5.54 Å². The smallest absolute Gasteiger partial charge is 0.0991 e. The van der Waals surface area contributed by atoms with Crippen molar-refractivity contribution < 1.29 is 0 Å². The maximum absolute atomic E-state index is 8.92. The lowest BCUT2D eigenvalue weighted by atomic mass is 10.0. The zero-order valence-corrected chi connectivity index (χ0v) is 11.6. The average Bonchev–Trinajstić information content (AvgIpc) is 2.38. The molecule has 0 fully saturated rings. The SMILES string of the molecule is CC(C)(C)Nc1ccc(-c2cccc(C#N)c2)cc1. The average molecular weight is 250 g/mol. The maximum Gasteiger partial charge on any atom is 0.0991 e. The number of rotatable bonds is 2. The Kier molecular flexibility index (Phi) is 3.57. The molecule has 0 spiro atoms. The highest BCUT2D eigenvalue weighted by Gasteiger charge is 2.08. The first kappa shape index (κ1) is 13.2. The Morgan fingerprint density at radius 3 is 2.21 bits per heavy atom. The number of anilines is 1. The van der Waals surface area contributed by atoms with Crippen LogP contribution in [0.5, 0.6) is 0 Å². The Labute approximate surface area is 114 Å². The highest BCUT2D eigenvalue weighted by Crippen LogP contribution is 2.23. The summed E-state index contributed by atoms with van der Waals surface area (Å²) in [6.45, 7) is 6.41. The zero-order valence-electron chi connectivity index (χ0n) is 11.6. The summed E-state index contributed by atoms with van der Waals surface area (Å²) in [5.74, 6) is 0. The van der Waals surface area contributed by atoms with Crippen LogP contribution in [0.4, 0.5) is 5.69 Å². The van der Waals surface area contributed by atoms with Gasteiger partial charge in [-0.2, -0.15) is 5.26 Å². The van der Waals surface area contributed by atoms with Gasteiger partial charge in [-0.05, 0) is 56.2 Å². The highest BCUT2D eigenvalue weighted by atomic mass is 14.9. The van der Waals surface area contributed by atoms with Gasteiger partial charge in [0.2, 0.25) is 0 Å². The molecule has 0 saturated carbocycles. The summed E-state index contributed by atoms with van der Waals surface area (Å²) in [5, 5.41) is 12.4. The van der Waals surface area contributed by atoms with E-state index in [1.807, 2.05) is 24.3 Å². The first-order valence-corrected chi connectivity index (χ1v) is 6.37. The summed E-state index contributed by atoms with van der Waals surface area (Å²) in [5.41, 5.74) is 4.04. The van der Waals surface area contributed by atoms with E-state index in [4.69, 9.17) is 5.26 Å². The Hall–Kier alpha value is -2.27. The van der Waals surface area contributed by atoms with Crippen molar-refractivity contribution in [2.75, 3.05) is 5.32 Å². The van der Waals surface area contributed by atoms with Crippen molar-refractivity contribution in [2.24, 2.45) is 0 Å². The van der Waals surface area contributed by atoms with Crippen molar-refractivity contribution in [2.45, 2.75) is 26.3 Å². The number of hydrogen-bond donors (Lipinski definition) is 1. The molecule has 0 aliphatic carbocycles. The molecule has 0 bridgehead atoms. The monoisotopic (exact) mass is 250 g/mol. The molecular formula is C17H18N2. The van der Waals surface area contributed by atoms with E-state index in [2.05, 4.69) is 56.4 Å². The molecule has 2 heteroatoms. The van der Waals surface area contributed by atoms with E-state index in [-0.39, 0.29) is 5.54 Å². The van der Waals surface area contributed by atoms with Gasteiger partial charge >= 0.3 is 0 Å². The standard InChI is InChI=1S/C17H18N2/c1-17(2,3)19-16-9-7-14(8-10-16)15-6-4-5-13(11-15)12-18/h4-11,19H,1-3H3. The molecule has 0 aliphatic rings. The van der Waals surface area contributed by atoms with Crippen LogP contribution < -0.4 is 5.32 Å². The third kappa shape index (κ3) is 3.59. The van der Waals surface area contributed by atoms with Crippen molar-refractivity contribution in [3.05, 3.63) is 54.1 Å². The molecule has 2 rings (SSSR count). The Bertz CT molecular complexity index is 598. The third-order valence-electron chi connectivity index (χ3n) is 2.73. The van der Waals surface area contributed by atoms with E-state index in [0.717, 1.165) is 16.8 Å². The molecule has 96 valence electrons. The molecule has 0 aliphatic heterocycles. The number of benzene rings is 2. The first-order chi connectivity index (χ1) is 8.98. The lowest BCUT2D eigenvalue weighted by Gasteiger charge is -2.22. The second-order valence-electron chi connectivity index (χ2n) is 5.64. The van der Waals surface area contributed by atoms with Gasteiger partial charge in [-0.1, -0.05) is 24.3 Å². The molecule has 0 saturated heterocycles. The van der Waals surface area contributed by atoms with Crippen molar-refractivity contribution in [3.8, 4) is 17.2 Å². The Morgan fingerprint density at radius 2 is 1.63 bits per heavy atom. The summed E-state index contributed by atoms with van der Waals surface area (Å²) in [6.07, 6.45) is 0. The van der Waals surface area contributed by atoms with Crippen molar-refractivity contribution >= 4 is 5.69 Å². The predicted octanol–water partition coefficient (Wildman–Crippen LogP) is 4.44. The summed E-state index contributed by atoms with van der Waals surface area (Å²) in [4.78, 5) is 0. The van der Waals surface area contributed by atoms with Gasteiger partial charge in [0.1, 0.15) is 0 Å². The van der Waals surface area contributed by atoms with Crippen LogP contribution in [0.25, 0.3) is 11.1 Å². The van der Waals surface area contributed by atoms with Gasteiger partial charge < -0.3 is 5.32 Å².